The lowest BCUT2D eigenvalue weighted by Gasteiger charge is -2.06. The van der Waals surface area contributed by atoms with Crippen molar-refractivity contribution in [2.24, 2.45) is 0 Å². The molecule has 0 aliphatic heterocycles. The smallest absolute Gasteiger partial charge is 0.234 e. The fourth-order valence-corrected chi connectivity index (χ4v) is 1.64. The monoisotopic (exact) mass is 243 g/mol. The molecule has 18 heavy (non-hydrogen) atoms. The molecule has 1 aromatic heterocycles. The lowest BCUT2D eigenvalue weighted by atomic mass is 10.1. The van der Waals surface area contributed by atoms with Crippen molar-refractivity contribution >= 4 is 5.82 Å². The largest absolute Gasteiger partial charge is 0.477 e. The highest BCUT2D eigenvalue weighted by molar-refractivity contribution is 5.31. The average molecular weight is 243 g/mol. The number of benzene rings is 1. The van der Waals surface area contributed by atoms with Gasteiger partial charge in [-0.2, -0.15) is 4.98 Å². The van der Waals surface area contributed by atoms with Crippen molar-refractivity contribution in [2.45, 2.75) is 12.8 Å². The highest BCUT2D eigenvalue weighted by Gasteiger charge is 1.98. The quantitative estimate of drug-likeness (QED) is 0.792. The molecule has 0 saturated carbocycles. The Kier molecular flexibility index (Phi) is 4.53. The van der Waals surface area contributed by atoms with Crippen molar-refractivity contribution in [3.8, 4) is 5.88 Å². The summed E-state index contributed by atoms with van der Waals surface area (Å²) in [6, 6.07) is 10.4. The normalized spacial score (nSPS) is 10.1. The molecule has 0 amide bonds. The molecule has 0 bridgehead atoms. The van der Waals surface area contributed by atoms with Crippen molar-refractivity contribution in [3.63, 3.8) is 0 Å². The van der Waals surface area contributed by atoms with E-state index in [0.29, 0.717) is 12.5 Å². The minimum Gasteiger partial charge on any atom is -0.477 e. The molecule has 0 fully saturated rings. The summed E-state index contributed by atoms with van der Waals surface area (Å²) in [7, 11) is 1.81. The number of aryl methyl sites for hydroxylation is 1. The van der Waals surface area contributed by atoms with E-state index in [-0.39, 0.29) is 0 Å². The predicted octanol–water partition coefficient (Wildman–Crippen LogP) is 2.53. The maximum atomic E-state index is 5.56. The number of nitrogens with one attached hydrogen (secondary N) is 1. The van der Waals surface area contributed by atoms with Crippen LogP contribution in [0.4, 0.5) is 5.82 Å². The first-order chi connectivity index (χ1) is 8.88. The molecule has 0 aliphatic rings. The molecule has 0 radical (unpaired) electrons. The predicted molar refractivity (Wildman–Crippen MR) is 71.8 cm³/mol. The number of hydrogen-bond acceptors (Lipinski definition) is 4. The lowest BCUT2D eigenvalue weighted by Crippen LogP contribution is -2.02. The Morgan fingerprint density at radius 2 is 2.00 bits per heavy atom. The molecular weight excluding hydrogens is 226 g/mol. The van der Waals surface area contributed by atoms with Gasteiger partial charge in [0.2, 0.25) is 5.88 Å². The van der Waals surface area contributed by atoms with Gasteiger partial charge in [0.1, 0.15) is 5.82 Å². The van der Waals surface area contributed by atoms with E-state index >= 15 is 0 Å². The molecule has 0 spiro atoms. The zero-order chi connectivity index (χ0) is 12.6. The van der Waals surface area contributed by atoms with Crippen molar-refractivity contribution in [1.29, 1.82) is 0 Å². The lowest BCUT2D eigenvalue weighted by molar-refractivity contribution is 0.298. The van der Waals surface area contributed by atoms with E-state index in [1.54, 1.807) is 12.4 Å². The van der Waals surface area contributed by atoms with Crippen LogP contribution >= 0.6 is 0 Å². The van der Waals surface area contributed by atoms with E-state index in [9.17, 15) is 0 Å². The number of rotatable bonds is 6. The van der Waals surface area contributed by atoms with Crippen LogP contribution in [0.25, 0.3) is 0 Å². The summed E-state index contributed by atoms with van der Waals surface area (Å²) in [4.78, 5) is 8.28. The molecule has 0 unspecified atom stereocenters. The van der Waals surface area contributed by atoms with Crippen molar-refractivity contribution in [1.82, 2.24) is 9.97 Å². The zero-order valence-electron chi connectivity index (χ0n) is 10.5. The summed E-state index contributed by atoms with van der Waals surface area (Å²) in [6.45, 7) is 0.650. The van der Waals surface area contributed by atoms with E-state index in [2.05, 4.69) is 39.6 Å². The number of ether oxygens (including phenoxy) is 1. The van der Waals surface area contributed by atoms with Crippen LogP contribution in [0, 0.1) is 0 Å². The molecule has 0 aliphatic carbocycles. The van der Waals surface area contributed by atoms with Crippen LogP contribution in [0.5, 0.6) is 5.88 Å². The molecule has 1 N–H and O–H groups in total. The van der Waals surface area contributed by atoms with E-state index in [1.165, 1.54) is 5.56 Å². The third kappa shape index (κ3) is 3.73. The fourth-order valence-electron chi connectivity index (χ4n) is 1.64. The Labute approximate surface area is 107 Å². The minimum atomic E-state index is 0.565. The standard InChI is InChI=1S/C14H17N3O/c1-15-13-10-16-11-14(17-13)18-9-5-8-12-6-3-2-4-7-12/h2-4,6-7,10-11H,5,8-9H2,1H3,(H,15,17). The van der Waals surface area contributed by atoms with Crippen LogP contribution < -0.4 is 10.1 Å². The summed E-state index contributed by atoms with van der Waals surface area (Å²) in [5.41, 5.74) is 1.33. The summed E-state index contributed by atoms with van der Waals surface area (Å²) >= 11 is 0. The van der Waals surface area contributed by atoms with Crippen molar-refractivity contribution < 1.29 is 4.74 Å². The Balaban J connectivity index is 1.75. The molecule has 94 valence electrons. The molecule has 2 aromatic rings. The van der Waals surface area contributed by atoms with Gasteiger partial charge in [0, 0.05) is 7.05 Å². The Morgan fingerprint density at radius 3 is 2.78 bits per heavy atom. The maximum Gasteiger partial charge on any atom is 0.234 e. The number of anilines is 1. The fraction of sp³-hybridized carbons (Fsp3) is 0.286. The van der Waals surface area contributed by atoms with Crippen LogP contribution in [0.3, 0.4) is 0 Å². The Bertz CT molecular complexity index is 473. The van der Waals surface area contributed by atoms with Crippen molar-refractivity contribution in [2.75, 3.05) is 19.0 Å². The molecule has 1 aromatic carbocycles. The van der Waals surface area contributed by atoms with Gasteiger partial charge in [-0.05, 0) is 18.4 Å². The summed E-state index contributed by atoms with van der Waals surface area (Å²) < 4.78 is 5.56. The van der Waals surface area contributed by atoms with Crippen LogP contribution in [0.2, 0.25) is 0 Å². The first-order valence-electron chi connectivity index (χ1n) is 6.05. The highest BCUT2D eigenvalue weighted by atomic mass is 16.5. The first-order valence-corrected chi connectivity index (χ1v) is 6.05. The Morgan fingerprint density at radius 1 is 1.17 bits per heavy atom. The van der Waals surface area contributed by atoms with Gasteiger partial charge in [-0.3, -0.25) is 4.98 Å². The van der Waals surface area contributed by atoms with E-state index in [1.807, 2.05) is 13.1 Å². The number of aromatic nitrogens is 2. The van der Waals surface area contributed by atoms with Crippen LogP contribution in [-0.4, -0.2) is 23.6 Å². The van der Waals surface area contributed by atoms with Crippen molar-refractivity contribution in [3.05, 3.63) is 48.3 Å². The van der Waals surface area contributed by atoms with Gasteiger partial charge in [-0.1, -0.05) is 30.3 Å². The second-order valence-corrected chi connectivity index (χ2v) is 3.93. The van der Waals surface area contributed by atoms with Gasteiger partial charge < -0.3 is 10.1 Å². The molecule has 0 saturated heterocycles. The van der Waals surface area contributed by atoms with Gasteiger partial charge in [-0.25, -0.2) is 0 Å². The van der Waals surface area contributed by atoms with Crippen LogP contribution in [0.1, 0.15) is 12.0 Å². The molecular formula is C14H17N3O. The topological polar surface area (TPSA) is 47.0 Å². The number of nitrogens with zero attached hydrogens (tertiary/aromatic N) is 2. The molecule has 2 rings (SSSR count). The van der Waals surface area contributed by atoms with Gasteiger partial charge in [-0.15, -0.1) is 0 Å². The molecule has 4 nitrogen and oxygen atoms in total. The third-order valence-electron chi connectivity index (χ3n) is 2.57. The molecule has 1 heterocycles. The maximum absolute atomic E-state index is 5.56. The average Bonchev–Trinajstić information content (AvgIpc) is 2.45. The van der Waals surface area contributed by atoms with Crippen LogP contribution in [-0.2, 0) is 6.42 Å². The second kappa shape index (κ2) is 6.59. The highest BCUT2D eigenvalue weighted by Crippen LogP contribution is 2.09. The Hall–Kier alpha value is -2.10. The molecule has 4 heteroatoms. The van der Waals surface area contributed by atoms with Gasteiger partial charge >= 0.3 is 0 Å². The van der Waals surface area contributed by atoms with E-state index in [0.717, 1.165) is 18.7 Å². The third-order valence-corrected chi connectivity index (χ3v) is 2.57. The summed E-state index contributed by atoms with van der Waals surface area (Å²) in [5, 5.41) is 2.93. The van der Waals surface area contributed by atoms with E-state index < -0.39 is 0 Å². The SMILES string of the molecule is CNc1cncc(OCCCc2ccccc2)n1. The zero-order valence-corrected chi connectivity index (χ0v) is 10.5. The number of hydrogen-bond donors (Lipinski definition) is 1. The first kappa shape index (κ1) is 12.4. The van der Waals surface area contributed by atoms with Gasteiger partial charge in [0.25, 0.3) is 0 Å². The van der Waals surface area contributed by atoms with E-state index in [4.69, 9.17) is 4.74 Å². The van der Waals surface area contributed by atoms with Crippen LogP contribution in [0.15, 0.2) is 42.7 Å². The summed E-state index contributed by atoms with van der Waals surface area (Å²) in [6.07, 6.45) is 5.27. The molecule has 0 atom stereocenters. The summed E-state index contributed by atoms with van der Waals surface area (Å²) in [5.74, 6) is 1.28. The minimum absolute atomic E-state index is 0.565. The van der Waals surface area contributed by atoms with Gasteiger partial charge in [0.15, 0.2) is 0 Å². The second-order valence-electron chi connectivity index (χ2n) is 3.93. The van der Waals surface area contributed by atoms with Gasteiger partial charge in [0.05, 0.1) is 19.0 Å².